The highest BCUT2D eigenvalue weighted by Gasteiger charge is 2.68. The molecule has 148 valence electrons. The van der Waals surface area contributed by atoms with Gasteiger partial charge >= 0.3 is 0 Å². The first-order valence-corrected chi connectivity index (χ1v) is 10.5. The number of carbonyl (C=O) groups excluding carboxylic acids is 1. The molecular formula is C23H33NO3. The molecule has 3 aliphatic rings. The van der Waals surface area contributed by atoms with Crippen molar-refractivity contribution in [2.45, 2.75) is 65.0 Å². The summed E-state index contributed by atoms with van der Waals surface area (Å²) in [6.07, 6.45) is 5.12. The molecular weight excluding hydrogens is 338 g/mol. The number of methoxy groups -OCH3 is 1. The summed E-state index contributed by atoms with van der Waals surface area (Å²) in [6, 6.07) is 8.58. The van der Waals surface area contributed by atoms with Gasteiger partial charge in [-0.3, -0.25) is 4.79 Å². The third-order valence-electron chi connectivity index (χ3n) is 7.73. The van der Waals surface area contributed by atoms with Crippen molar-refractivity contribution in [2.24, 2.45) is 22.7 Å². The summed E-state index contributed by atoms with van der Waals surface area (Å²) < 4.78 is 11.6. The minimum Gasteiger partial charge on any atom is -0.497 e. The van der Waals surface area contributed by atoms with Crippen molar-refractivity contribution in [1.29, 1.82) is 0 Å². The van der Waals surface area contributed by atoms with E-state index in [-0.39, 0.29) is 28.9 Å². The van der Waals surface area contributed by atoms with E-state index in [4.69, 9.17) is 9.47 Å². The van der Waals surface area contributed by atoms with Gasteiger partial charge in [0.1, 0.15) is 5.75 Å². The Balaban J connectivity index is 1.64. The zero-order chi connectivity index (χ0) is 19.2. The molecule has 1 heterocycles. The molecule has 5 atom stereocenters. The zero-order valence-electron chi connectivity index (χ0n) is 17.1. The predicted octanol–water partition coefficient (Wildman–Crippen LogP) is 4.49. The van der Waals surface area contributed by atoms with Crippen molar-refractivity contribution in [2.75, 3.05) is 13.7 Å². The van der Waals surface area contributed by atoms with E-state index in [0.29, 0.717) is 18.3 Å². The molecule has 1 aromatic carbocycles. The minimum atomic E-state index is 0.122. The molecule has 27 heavy (non-hydrogen) atoms. The quantitative estimate of drug-likeness (QED) is 0.829. The molecule has 2 aliphatic carbocycles. The second-order valence-electron chi connectivity index (χ2n) is 9.36. The lowest BCUT2D eigenvalue weighted by atomic mass is 9.59. The molecule has 0 radical (unpaired) electrons. The smallest absolute Gasteiger partial charge is 0.220 e. The highest BCUT2D eigenvalue weighted by molar-refractivity contribution is 5.76. The standard InChI is InChI=1S/C23H33NO3/c1-5-6-19(25)24-21-22(2,3)16-13-18-20(27-12-11-23(18,21)14-16)15-7-9-17(26-4)10-8-15/h7-10,16,18,20-21H,5-6,11-14H2,1-4H3,(H,24,25)/t16-,18-,20-,21+,23-/m1/s1. The van der Waals surface area contributed by atoms with Crippen LogP contribution in [0.2, 0.25) is 0 Å². The fraction of sp³-hybridized carbons (Fsp3) is 0.696. The summed E-state index contributed by atoms with van der Waals surface area (Å²) in [4.78, 5) is 12.5. The van der Waals surface area contributed by atoms with E-state index < -0.39 is 0 Å². The van der Waals surface area contributed by atoms with Gasteiger partial charge in [0.25, 0.3) is 0 Å². The van der Waals surface area contributed by atoms with Gasteiger partial charge in [-0.05, 0) is 66.0 Å². The Morgan fingerprint density at radius 2 is 2.04 bits per heavy atom. The van der Waals surface area contributed by atoms with E-state index in [1.807, 2.05) is 12.1 Å². The lowest BCUT2D eigenvalue weighted by molar-refractivity contribution is -0.137. The van der Waals surface area contributed by atoms with E-state index in [2.05, 4.69) is 38.2 Å². The fourth-order valence-corrected chi connectivity index (χ4v) is 6.37. The van der Waals surface area contributed by atoms with E-state index >= 15 is 0 Å². The second-order valence-corrected chi connectivity index (χ2v) is 9.36. The maximum absolute atomic E-state index is 12.5. The maximum Gasteiger partial charge on any atom is 0.220 e. The van der Waals surface area contributed by atoms with Crippen molar-refractivity contribution < 1.29 is 14.3 Å². The number of nitrogens with one attached hydrogen (secondary N) is 1. The minimum absolute atomic E-state index is 0.122. The van der Waals surface area contributed by atoms with Gasteiger partial charge in [0.05, 0.1) is 13.2 Å². The van der Waals surface area contributed by atoms with Crippen LogP contribution in [-0.4, -0.2) is 25.7 Å². The van der Waals surface area contributed by atoms with Crippen molar-refractivity contribution in [3.8, 4) is 5.75 Å². The van der Waals surface area contributed by atoms with Crippen molar-refractivity contribution in [3.05, 3.63) is 29.8 Å². The highest BCUT2D eigenvalue weighted by atomic mass is 16.5. The average Bonchev–Trinajstić information content (AvgIpc) is 3.15. The van der Waals surface area contributed by atoms with Gasteiger partial charge in [-0.25, -0.2) is 0 Å². The summed E-state index contributed by atoms with van der Waals surface area (Å²) in [6.45, 7) is 7.56. The summed E-state index contributed by atoms with van der Waals surface area (Å²) in [5.41, 5.74) is 1.56. The van der Waals surface area contributed by atoms with E-state index in [0.717, 1.165) is 25.2 Å². The van der Waals surface area contributed by atoms with Crippen LogP contribution in [0.4, 0.5) is 0 Å². The van der Waals surface area contributed by atoms with Crippen molar-refractivity contribution >= 4 is 5.91 Å². The van der Waals surface area contributed by atoms with Gasteiger partial charge in [0, 0.05) is 19.1 Å². The lowest BCUT2D eigenvalue weighted by Crippen LogP contribution is -2.58. The van der Waals surface area contributed by atoms with Crippen LogP contribution in [0.1, 0.15) is 64.5 Å². The van der Waals surface area contributed by atoms with Gasteiger partial charge in [-0.1, -0.05) is 32.9 Å². The molecule has 1 aromatic rings. The molecule has 1 aliphatic heterocycles. The van der Waals surface area contributed by atoms with Gasteiger partial charge in [0.2, 0.25) is 5.91 Å². The largest absolute Gasteiger partial charge is 0.497 e. The lowest BCUT2D eigenvalue weighted by Gasteiger charge is -2.53. The molecule has 3 fully saturated rings. The van der Waals surface area contributed by atoms with Gasteiger partial charge in [0.15, 0.2) is 0 Å². The molecule has 2 bridgehead atoms. The predicted molar refractivity (Wildman–Crippen MR) is 106 cm³/mol. The fourth-order valence-electron chi connectivity index (χ4n) is 6.37. The molecule has 4 nitrogen and oxygen atoms in total. The summed E-state index contributed by atoms with van der Waals surface area (Å²) in [5, 5.41) is 3.47. The number of hydrogen-bond donors (Lipinski definition) is 1. The summed E-state index contributed by atoms with van der Waals surface area (Å²) in [5.74, 6) is 2.22. The van der Waals surface area contributed by atoms with Crippen LogP contribution < -0.4 is 10.1 Å². The van der Waals surface area contributed by atoms with Crippen molar-refractivity contribution in [1.82, 2.24) is 5.32 Å². The SMILES string of the molecule is CCCC(=O)N[C@H]1C(C)(C)[C@@H]2C[C@@H]3[C@@H](c4ccc(OC)cc4)OCC[C@@]31C2. The summed E-state index contributed by atoms with van der Waals surface area (Å²) in [7, 11) is 1.70. The van der Waals surface area contributed by atoms with Crippen LogP contribution in [0, 0.1) is 22.7 Å². The summed E-state index contributed by atoms with van der Waals surface area (Å²) >= 11 is 0. The molecule has 1 amide bonds. The number of rotatable bonds is 5. The Labute approximate surface area is 163 Å². The first-order valence-electron chi connectivity index (χ1n) is 10.5. The molecule has 2 saturated carbocycles. The molecule has 1 saturated heterocycles. The topological polar surface area (TPSA) is 47.6 Å². The van der Waals surface area contributed by atoms with Crippen LogP contribution in [-0.2, 0) is 9.53 Å². The molecule has 1 N–H and O–H groups in total. The number of ether oxygens (including phenoxy) is 2. The van der Waals surface area contributed by atoms with Crippen molar-refractivity contribution in [3.63, 3.8) is 0 Å². The third kappa shape index (κ3) is 2.88. The highest BCUT2D eigenvalue weighted by Crippen LogP contribution is 2.70. The first-order chi connectivity index (χ1) is 12.9. The Hall–Kier alpha value is -1.55. The molecule has 4 heteroatoms. The first kappa shape index (κ1) is 18.8. The number of fused-ring (bicyclic) bond motifs is 1. The monoisotopic (exact) mass is 371 g/mol. The normalized spacial score (nSPS) is 36.3. The van der Waals surface area contributed by atoms with Crippen LogP contribution in [0.3, 0.4) is 0 Å². The van der Waals surface area contributed by atoms with Gasteiger partial charge in [-0.2, -0.15) is 0 Å². The van der Waals surface area contributed by atoms with Gasteiger partial charge < -0.3 is 14.8 Å². The maximum atomic E-state index is 12.5. The molecule has 1 spiro atoms. The number of benzene rings is 1. The number of hydrogen-bond acceptors (Lipinski definition) is 3. The van der Waals surface area contributed by atoms with E-state index in [1.54, 1.807) is 7.11 Å². The molecule has 4 rings (SSSR count). The Morgan fingerprint density at radius 1 is 1.30 bits per heavy atom. The second kappa shape index (κ2) is 6.80. The average molecular weight is 372 g/mol. The van der Waals surface area contributed by atoms with Crippen LogP contribution in [0.5, 0.6) is 5.75 Å². The zero-order valence-corrected chi connectivity index (χ0v) is 17.1. The van der Waals surface area contributed by atoms with Gasteiger partial charge in [-0.15, -0.1) is 0 Å². The Morgan fingerprint density at radius 3 is 2.70 bits per heavy atom. The molecule has 0 aromatic heterocycles. The third-order valence-corrected chi connectivity index (χ3v) is 7.73. The Bertz CT molecular complexity index is 698. The van der Waals surface area contributed by atoms with Crippen LogP contribution in [0.15, 0.2) is 24.3 Å². The Kier molecular flexibility index (Phi) is 4.74. The molecule has 0 unspecified atom stereocenters. The number of carbonyl (C=O) groups is 1. The van der Waals surface area contributed by atoms with Crippen LogP contribution >= 0.6 is 0 Å². The number of amides is 1. The van der Waals surface area contributed by atoms with E-state index in [1.165, 1.54) is 18.4 Å². The van der Waals surface area contributed by atoms with E-state index in [9.17, 15) is 4.79 Å². The van der Waals surface area contributed by atoms with Crippen LogP contribution in [0.25, 0.3) is 0 Å².